The Balaban J connectivity index is 1.70. The molecule has 2 heterocycles. The van der Waals surface area contributed by atoms with E-state index in [4.69, 9.17) is 4.52 Å². The Labute approximate surface area is 165 Å². The summed E-state index contributed by atoms with van der Waals surface area (Å²) in [6.07, 6.45) is 0.978. The van der Waals surface area contributed by atoms with Crippen LogP contribution in [0.15, 0.2) is 46.3 Å². The fourth-order valence-electron chi connectivity index (χ4n) is 2.54. The van der Waals surface area contributed by atoms with E-state index < -0.39 is 27.8 Å². The number of nitrogens with one attached hydrogen (secondary N) is 1. The number of carbonyl (C=O) groups is 1. The topological polar surface area (TPSA) is 105 Å². The first-order chi connectivity index (χ1) is 13.3. The van der Waals surface area contributed by atoms with Crippen molar-refractivity contribution in [1.29, 1.82) is 0 Å². The van der Waals surface area contributed by atoms with Gasteiger partial charge in [0, 0.05) is 0 Å². The second kappa shape index (κ2) is 8.07. The monoisotopic (exact) mass is 424 g/mol. The van der Waals surface area contributed by atoms with Crippen LogP contribution in [-0.4, -0.2) is 36.8 Å². The van der Waals surface area contributed by atoms with Gasteiger partial charge in [0.05, 0.1) is 23.4 Å². The third kappa shape index (κ3) is 4.54. The summed E-state index contributed by atoms with van der Waals surface area (Å²) in [5.74, 6) is -0.467. The van der Waals surface area contributed by atoms with E-state index in [1.807, 2.05) is 17.5 Å². The van der Waals surface area contributed by atoms with Crippen molar-refractivity contribution in [2.24, 2.45) is 0 Å². The van der Waals surface area contributed by atoms with Crippen molar-refractivity contribution in [2.75, 3.05) is 10.6 Å². The molecule has 1 amide bonds. The zero-order valence-electron chi connectivity index (χ0n) is 15.0. The molecule has 2 aromatic heterocycles. The van der Waals surface area contributed by atoms with Crippen LogP contribution in [0.4, 0.5) is 10.1 Å². The van der Waals surface area contributed by atoms with Gasteiger partial charge < -0.3 is 9.84 Å². The lowest BCUT2D eigenvalue weighted by atomic mass is 10.2. The van der Waals surface area contributed by atoms with Gasteiger partial charge in [-0.05, 0) is 42.6 Å². The van der Waals surface area contributed by atoms with Gasteiger partial charge in [-0.15, -0.1) is 11.3 Å². The Hall–Kier alpha value is -2.79. The molecule has 3 aromatic rings. The summed E-state index contributed by atoms with van der Waals surface area (Å²) in [6, 6.07) is 7.48. The number of amides is 1. The van der Waals surface area contributed by atoms with E-state index in [1.54, 1.807) is 0 Å². The molecule has 8 nitrogen and oxygen atoms in total. The third-order valence-corrected chi connectivity index (χ3v) is 5.90. The van der Waals surface area contributed by atoms with E-state index in [-0.39, 0.29) is 18.1 Å². The molecule has 1 N–H and O–H groups in total. The Bertz CT molecular complexity index is 1050. The minimum Gasteiger partial charge on any atom is -0.345 e. The number of halogens is 1. The van der Waals surface area contributed by atoms with Gasteiger partial charge in [-0.1, -0.05) is 11.2 Å². The second-order valence-electron chi connectivity index (χ2n) is 5.92. The van der Waals surface area contributed by atoms with Crippen molar-refractivity contribution in [3.05, 3.63) is 53.5 Å². The van der Waals surface area contributed by atoms with Crippen molar-refractivity contribution in [3.8, 4) is 10.7 Å². The number of thiophene rings is 1. The third-order valence-electron chi connectivity index (χ3n) is 3.79. The number of aromatic nitrogens is 2. The lowest BCUT2D eigenvalue weighted by molar-refractivity contribution is -0.122. The molecule has 28 heavy (non-hydrogen) atoms. The second-order valence-corrected chi connectivity index (χ2v) is 8.73. The highest BCUT2D eigenvalue weighted by Gasteiger charge is 2.29. The molecule has 3 rings (SSSR count). The Morgan fingerprint density at radius 2 is 2.04 bits per heavy atom. The molecule has 1 aromatic carbocycles. The number of sulfonamides is 1. The highest BCUT2D eigenvalue weighted by atomic mass is 32.2. The van der Waals surface area contributed by atoms with E-state index in [0.29, 0.717) is 5.82 Å². The van der Waals surface area contributed by atoms with E-state index >= 15 is 0 Å². The predicted octanol–water partition coefficient (Wildman–Crippen LogP) is 2.41. The summed E-state index contributed by atoms with van der Waals surface area (Å²) in [5.41, 5.74) is 0.185. The number of hydrogen-bond donors (Lipinski definition) is 1. The van der Waals surface area contributed by atoms with Crippen molar-refractivity contribution in [2.45, 2.75) is 19.5 Å². The molecule has 0 spiro atoms. The summed E-state index contributed by atoms with van der Waals surface area (Å²) in [5, 5.41) is 8.30. The standard InChI is InChI=1S/C17H17FN4O4S2/c1-11(22(28(2,24)25)13-7-5-12(18)6-8-13)17(23)19-10-15-20-16(21-26-15)14-4-3-9-27-14/h3-9,11H,10H2,1-2H3,(H,19,23)/t11-/m0/s1. The molecule has 0 bridgehead atoms. The van der Waals surface area contributed by atoms with Crippen molar-refractivity contribution in [1.82, 2.24) is 15.5 Å². The summed E-state index contributed by atoms with van der Waals surface area (Å²) in [7, 11) is -3.78. The predicted molar refractivity (Wildman–Crippen MR) is 103 cm³/mol. The fraction of sp³-hybridized carbons (Fsp3) is 0.235. The molecule has 0 aliphatic rings. The zero-order valence-corrected chi connectivity index (χ0v) is 16.6. The smallest absolute Gasteiger partial charge is 0.246 e. The minimum atomic E-state index is -3.78. The van der Waals surface area contributed by atoms with Crippen LogP contribution in [0.1, 0.15) is 12.8 Å². The maximum absolute atomic E-state index is 13.1. The number of anilines is 1. The zero-order chi connectivity index (χ0) is 20.3. The average molecular weight is 424 g/mol. The summed E-state index contributed by atoms with van der Waals surface area (Å²) in [6.45, 7) is 1.38. The molecule has 0 aliphatic carbocycles. The van der Waals surface area contributed by atoms with Gasteiger partial charge >= 0.3 is 0 Å². The van der Waals surface area contributed by atoms with E-state index in [0.717, 1.165) is 27.6 Å². The van der Waals surface area contributed by atoms with Gasteiger partial charge in [-0.25, -0.2) is 12.8 Å². The van der Waals surface area contributed by atoms with Crippen LogP contribution in [0.25, 0.3) is 10.7 Å². The number of nitrogens with zero attached hydrogens (tertiary/aromatic N) is 3. The van der Waals surface area contributed by atoms with Gasteiger partial charge in [0.25, 0.3) is 0 Å². The first-order valence-corrected chi connectivity index (χ1v) is 10.9. The first-order valence-electron chi connectivity index (χ1n) is 8.15. The average Bonchev–Trinajstić information content (AvgIpc) is 3.31. The van der Waals surface area contributed by atoms with E-state index in [2.05, 4.69) is 15.5 Å². The largest absolute Gasteiger partial charge is 0.345 e. The highest BCUT2D eigenvalue weighted by Crippen LogP contribution is 2.22. The normalized spacial score (nSPS) is 12.5. The van der Waals surface area contributed by atoms with Crippen LogP contribution in [0.5, 0.6) is 0 Å². The number of hydrogen-bond acceptors (Lipinski definition) is 7. The summed E-state index contributed by atoms with van der Waals surface area (Å²) < 4.78 is 43.5. The molecular weight excluding hydrogens is 407 g/mol. The molecule has 0 saturated heterocycles. The van der Waals surface area contributed by atoms with Gasteiger partial charge in [-0.2, -0.15) is 4.98 Å². The Morgan fingerprint density at radius 3 is 2.64 bits per heavy atom. The van der Waals surface area contributed by atoms with Crippen molar-refractivity contribution >= 4 is 33.0 Å². The molecule has 0 saturated carbocycles. The minimum absolute atomic E-state index is 0.0530. The van der Waals surface area contributed by atoms with Crippen LogP contribution in [0.3, 0.4) is 0 Å². The summed E-state index contributed by atoms with van der Waals surface area (Å²) >= 11 is 1.45. The van der Waals surface area contributed by atoms with Gasteiger partial charge in [0.15, 0.2) is 0 Å². The molecule has 1 atom stereocenters. The number of carbonyl (C=O) groups excluding carboxylic acids is 1. The molecule has 11 heteroatoms. The van der Waals surface area contributed by atoms with Gasteiger partial charge in [-0.3, -0.25) is 9.10 Å². The Kier molecular flexibility index (Phi) is 5.75. The maximum atomic E-state index is 13.1. The molecule has 0 unspecified atom stereocenters. The van der Waals surface area contributed by atoms with E-state index in [1.165, 1.54) is 30.4 Å². The lowest BCUT2D eigenvalue weighted by Gasteiger charge is -2.28. The SMILES string of the molecule is C[C@@H](C(=O)NCc1nc(-c2cccs2)no1)N(c1ccc(F)cc1)S(C)(=O)=O. The number of rotatable bonds is 7. The fourth-order valence-corrected chi connectivity index (χ4v) is 4.36. The van der Waals surface area contributed by atoms with Crippen LogP contribution < -0.4 is 9.62 Å². The quantitative estimate of drug-likeness (QED) is 0.624. The Morgan fingerprint density at radius 1 is 1.32 bits per heavy atom. The molecule has 0 aliphatic heterocycles. The molecule has 148 valence electrons. The van der Waals surface area contributed by atoms with Crippen molar-refractivity contribution < 1.29 is 22.1 Å². The van der Waals surface area contributed by atoms with Crippen molar-refractivity contribution in [3.63, 3.8) is 0 Å². The molecule has 0 fully saturated rings. The van der Waals surface area contributed by atoms with Gasteiger partial charge in [0.1, 0.15) is 11.9 Å². The van der Waals surface area contributed by atoms with Gasteiger partial charge in [0.2, 0.25) is 27.6 Å². The lowest BCUT2D eigenvalue weighted by Crippen LogP contribution is -2.47. The molecule has 0 radical (unpaired) electrons. The van der Waals surface area contributed by atoms with Crippen LogP contribution in [0.2, 0.25) is 0 Å². The first kappa shape index (κ1) is 20.0. The number of benzene rings is 1. The van der Waals surface area contributed by atoms with Crippen LogP contribution >= 0.6 is 11.3 Å². The highest BCUT2D eigenvalue weighted by molar-refractivity contribution is 7.92. The van der Waals surface area contributed by atoms with E-state index in [9.17, 15) is 17.6 Å². The summed E-state index contributed by atoms with van der Waals surface area (Å²) in [4.78, 5) is 17.5. The molecular formula is C17H17FN4O4S2. The maximum Gasteiger partial charge on any atom is 0.246 e. The van der Waals surface area contributed by atoms with Crippen LogP contribution in [0, 0.1) is 5.82 Å². The van der Waals surface area contributed by atoms with Crippen LogP contribution in [-0.2, 0) is 21.4 Å².